The van der Waals surface area contributed by atoms with Gasteiger partial charge in [0.2, 0.25) is 10.6 Å². The maximum Gasteiger partial charge on any atom is 0.327 e. The van der Waals surface area contributed by atoms with Crippen LogP contribution in [0.2, 0.25) is 10.6 Å². The van der Waals surface area contributed by atoms with Crippen molar-refractivity contribution in [2.24, 2.45) is 0 Å². The Labute approximate surface area is 124 Å². The van der Waals surface area contributed by atoms with E-state index in [1.165, 1.54) is 18.2 Å². The fourth-order valence-corrected chi connectivity index (χ4v) is 1.98. The summed E-state index contributed by atoms with van der Waals surface area (Å²) < 4.78 is 5.72. The Balaban J connectivity index is 2.35. The summed E-state index contributed by atoms with van der Waals surface area (Å²) in [6.45, 7) is 0. The van der Waals surface area contributed by atoms with Gasteiger partial charge in [-0.25, -0.2) is 0 Å². The molecule has 0 aliphatic rings. The molecular weight excluding hydrogens is 363 g/mol. The lowest BCUT2D eigenvalue weighted by molar-refractivity contribution is -0.385. The van der Waals surface area contributed by atoms with E-state index in [4.69, 9.17) is 27.9 Å². The van der Waals surface area contributed by atoms with Gasteiger partial charge in [0.15, 0.2) is 0 Å². The van der Waals surface area contributed by atoms with Crippen LogP contribution in [0.25, 0.3) is 0 Å². The molecule has 0 spiro atoms. The molecular formula is C9H3BrCl2N4O3. The minimum atomic E-state index is -0.551. The normalized spacial score (nSPS) is 10.3. The Bertz CT molecular complexity index is 635. The average molecular weight is 366 g/mol. The quantitative estimate of drug-likeness (QED) is 0.609. The van der Waals surface area contributed by atoms with Gasteiger partial charge in [0.25, 0.3) is 5.69 Å². The standard InChI is InChI=1S/C9H3BrCl2N4O3/c10-4-1-5(16(17)18)3-6(2-4)19-9-14-7(11)13-8(12)15-9/h1-3H. The Morgan fingerprint density at radius 1 is 1.16 bits per heavy atom. The van der Waals surface area contributed by atoms with Gasteiger partial charge in [-0.1, -0.05) is 15.9 Å². The summed E-state index contributed by atoms with van der Waals surface area (Å²) in [7, 11) is 0. The van der Waals surface area contributed by atoms with Crippen molar-refractivity contribution in [1.82, 2.24) is 15.0 Å². The van der Waals surface area contributed by atoms with E-state index in [2.05, 4.69) is 30.9 Å². The van der Waals surface area contributed by atoms with Crippen LogP contribution >= 0.6 is 39.1 Å². The SMILES string of the molecule is O=[N+]([O-])c1cc(Br)cc(Oc2nc(Cl)nc(Cl)n2)c1. The molecule has 0 saturated heterocycles. The number of ether oxygens (including phenoxy) is 1. The van der Waals surface area contributed by atoms with Gasteiger partial charge in [-0.05, 0) is 29.3 Å². The molecule has 98 valence electrons. The van der Waals surface area contributed by atoms with Gasteiger partial charge >= 0.3 is 6.01 Å². The second kappa shape index (κ2) is 5.64. The molecule has 0 aliphatic heterocycles. The summed E-state index contributed by atoms with van der Waals surface area (Å²) in [5, 5.41) is 10.4. The van der Waals surface area contributed by atoms with Crippen LogP contribution in [0.1, 0.15) is 0 Å². The summed E-state index contributed by atoms with van der Waals surface area (Å²) in [4.78, 5) is 21.1. The molecule has 1 aromatic carbocycles. The molecule has 0 fully saturated rings. The molecule has 2 rings (SSSR count). The van der Waals surface area contributed by atoms with Crippen LogP contribution in [0.3, 0.4) is 0 Å². The van der Waals surface area contributed by atoms with Crippen molar-refractivity contribution < 1.29 is 9.66 Å². The summed E-state index contributed by atoms with van der Waals surface area (Å²) in [6.07, 6.45) is 0. The number of halogens is 3. The van der Waals surface area contributed by atoms with Crippen LogP contribution in [-0.2, 0) is 0 Å². The first-order valence-corrected chi connectivity index (χ1v) is 6.19. The number of hydrogen-bond acceptors (Lipinski definition) is 6. The first kappa shape index (κ1) is 13.9. The van der Waals surface area contributed by atoms with E-state index in [1.54, 1.807) is 0 Å². The van der Waals surface area contributed by atoms with Crippen molar-refractivity contribution in [3.05, 3.63) is 43.4 Å². The van der Waals surface area contributed by atoms with E-state index in [-0.39, 0.29) is 28.0 Å². The number of nitrogens with zero attached hydrogens (tertiary/aromatic N) is 4. The molecule has 7 nitrogen and oxygen atoms in total. The lowest BCUT2D eigenvalue weighted by Gasteiger charge is -2.04. The van der Waals surface area contributed by atoms with E-state index in [0.29, 0.717) is 4.47 Å². The van der Waals surface area contributed by atoms with Crippen LogP contribution in [0.4, 0.5) is 5.69 Å². The predicted molar refractivity (Wildman–Crippen MR) is 70.7 cm³/mol. The molecule has 0 amide bonds. The fraction of sp³-hybridized carbons (Fsp3) is 0. The van der Waals surface area contributed by atoms with Crippen molar-refractivity contribution in [3.63, 3.8) is 0 Å². The highest BCUT2D eigenvalue weighted by atomic mass is 79.9. The first-order chi connectivity index (χ1) is 8.94. The molecule has 0 unspecified atom stereocenters. The molecule has 1 aromatic heterocycles. The van der Waals surface area contributed by atoms with Crippen LogP contribution in [-0.4, -0.2) is 19.9 Å². The van der Waals surface area contributed by atoms with Crippen LogP contribution in [0, 0.1) is 10.1 Å². The second-order valence-electron chi connectivity index (χ2n) is 3.16. The average Bonchev–Trinajstić information content (AvgIpc) is 2.26. The molecule has 0 radical (unpaired) electrons. The monoisotopic (exact) mass is 364 g/mol. The van der Waals surface area contributed by atoms with Crippen molar-refractivity contribution in [2.45, 2.75) is 0 Å². The van der Waals surface area contributed by atoms with Gasteiger partial charge in [-0.3, -0.25) is 10.1 Å². The molecule has 1 heterocycles. The van der Waals surface area contributed by atoms with E-state index < -0.39 is 4.92 Å². The van der Waals surface area contributed by atoms with Crippen molar-refractivity contribution in [1.29, 1.82) is 0 Å². The number of nitro groups is 1. The molecule has 10 heteroatoms. The van der Waals surface area contributed by atoms with Gasteiger partial charge < -0.3 is 4.74 Å². The Hall–Kier alpha value is -1.51. The lowest BCUT2D eigenvalue weighted by Crippen LogP contribution is -1.96. The zero-order valence-corrected chi connectivity index (χ0v) is 12.0. The maximum atomic E-state index is 10.7. The molecule has 2 aromatic rings. The van der Waals surface area contributed by atoms with E-state index in [0.717, 1.165) is 0 Å². The highest BCUT2D eigenvalue weighted by Gasteiger charge is 2.12. The summed E-state index contributed by atoms with van der Waals surface area (Å²) in [6, 6.07) is 3.91. The van der Waals surface area contributed by atoms with Crippen LogP contribution < -0.4 is 4.74 Å². The fourth-order valence-electron chi connectivity index (χ4n) is 1.17. The van der Waals surface area contributed by atoms with Crippen molar-refractivity contribution >= 4 is 44.8 Å². The third kappa shape index (κ3) is 3.72. The number of aromatic nitrogens is 3. The lowest BCUT2D eigenvalue weighted by atomic mass is 10.3. The van der Waals surface area contributed by atoms with Crippen molar-refractivity contribution in [3.8, 4) is 11.8 Å². The van der Waals surface area contributed by atoms with E-state index in [9.17, 15) is 10.1 Å². The first-order valence-electron chi connectivity index (χ1n) is 4.64. The zero-order chi connectivity index (χ0) is 14.0. The molecule has 0 saturated carbocycles. The van der Waals surface area contributed by atoms with Gasteiger partial charge in [-0.2, -0.15) is 15.0 Å². The topological polar surface area (TPSA) is 91.0 Å². The largest absolute Gasteiger partial charge is 0.424 e. The molecule has 0 bridgehead atoms. The number of rotatable bonds is 3. The summed E-state index contributed by atoms with van der Waals surface area (Å²) in [5.74, 6) is 0.166. The minimum absolute atomic E-state index is 0.139. The Morgan fingerprint density at radius 2 is 1.79 bits per heavy atom. The van der Waals surface area contributed by atoms with E-state index in [1.807, 2.05) is 0 Å². The summed E-state index contributed by atoms with van der Waals surface area (Å²) in [5.41, 5.74) is -0.143. The molecule has 19 heavy (non-hydrogen) atoms. The zero-order valence-electron chi connectivity index (χ0n) is 8.88. The number of benzene rings is 1. The second-order valence-corrected chi connectivity index (χ2v) is 4.75. The van der Waals surface area contributed by atoms with Crippen LogP contribution in [0.5, 0.6) is 11.8 Å². The highest BCUT2D eigenvalue weighted by molar-refractivity contribution is 9.10. The van der Waals surface area contributed by atoms with Crippen LogP contribution in [0.15, 0.2) is 22.7 Å². The van der Waals surface area contributed by atoms with Gasteiger partial charge in [0, 0.05) is 10.5 Å². The maximum absolute atomic E-state index is 10.7. The predicted octanol–water partition coefficient (Wildman–Crippen LogP) is 3.64. The van der Waals surface area contributed by atoms with Crippen molar-refractivity contribution in [2.75, 3.05) is 0 Å². The van der Waals surface area contributed by atoms with Gasteiger partial charge in [0.05, 0.1) is 11.0 Å². The minimum Gasteiger partial charge on any atom is -0.424 e. The number of nitro benzene ring substituents is 1. The number of non-ortho nitro benzene ring substituents is 1. The summed E-state index contributed by atoms with van der Waals surface area (Å²) >= 11 is 14.3. The molecule has 0 N–H and O–H groups in total. The van der Waals surface area contributed by atoms with Gasteiger partial charge in [-0.15, -0.1) is 0 Å². The third-order valence-electron chi connectivity index (χ3n) is 1.84. The Kier molecular flexibility index (Phi) is 4.13. The Morgan fingerprint density at radius 3 is 2.37 bits per heavy atom. The smallest absolute Gasteiger partial charge is 0.327 e. The number of hydrogen-bond donors (Lipinski definition) is 0. The molecule has 0 aliphatic carbocycles. The van der Waals surface area contributed by atoms with E-state index >= 15 is 0 Å². The highest BCUT2D eigenvalue weighted by Crippen LogP contribution is 2.28. The molecule has 0 atom stereocenters. The third-order valence-corrected chi connectivity index (χ3v) is 2.63. The van der Waals surface area contributed by atoms with Gasteiger partial charge in [0.1, 0.15) is 5.75 Å².